The van der Waals surface area contributed by atoms with Crippen LogP contribution in [0.3, 0.4) is 0 Å². The minimum absolute atomic E-state index is 0.0620. The Morgan fingerprint density at radius 1 is 1.09 bits per heavy atom. The molecule has 0 aliphatic carbocycles. The van der Waals surface area contributed by atoms with Crippen molar-refractivity contribution in [3.8, 4) is 17.2 Å². The summed E-state index contributed by atoms with van der Waals surface area (Å²) in [7, 11) is 1.61. The molecular formula is C24H29N3O4S. The van der Waals surface area contributed by atoms with Gasteiger partial charge in [-0.3, -0.25) is 4.79 Å². The molecule has 1 atom stereocenters. The van der Waals surface area contributed by atoms with Crippen LogP contribution in [0.5, 0.6) is 17.2 Å². The Morgan fingerprint density at radius 3 is 2.62 bits per heavy atom. The highest BCUT2D eigenvalue weighted by Gasteiger charge is 2.30. The van der Waals surface area contributed by atoms with Crippen LogP contribution in [0.1, 0.15) is 37.8 Å². The average molecular weight is 456 g/mol. The normalized spacial score (nSPS) is 17.0. The van der Waals surface area contributed by atoms with E-state index in [1.807, 2.05) is 49.4 Å². The molecular weight excluding hydrogens is 426 g/mol. The van der Waals surface area contributed by atoms with E-state index in [2.05, 4.69) is 22.4 Å². The summed E-state index contributed by atoms with van der Waals surface area (Å²) in [6.45, 7) is 5.35. The van der Waals surface area contributed by atoms with E-state index in [4.69, 9.17) is 14.2 Å². The minimum Gasteiger partial charge on any atom is -0.494 e. The Hall–Kier alpha value is -3.00. The number of thioether (sulfide) groups is 1. The third-order valence-electron chi connectivity index (χ3n) is 4.73. The van der Waals surface area contributed by atoms with Crippen LogP contribution in [0.4, 0.5) is 0 Å². The molecule has 7 nitrogen and oxygen atoms in total. The fourth-order valence-electron chi connectivity index (χ4n) is 3.05. The van der Waals surface area contributed by atoms with E-state index in [-0.39, 0.29) is 11.2 Å². The summed E-state index contributed by atoms with van der Waals surface area (Å²) in [4.78, 5) is 12.3. The highest BCUT2D eigenvalue weighted by atomic mass is 32.2. The van der Waals surface area contributed by atoms with Crippen molar-refractivity contribution in [3.05, 3.63) is 53.6 Å². The first-order chi connectivity index (χ1) is 15.6. The number of nitrogens with zero attached hydrogens (tertiary/aromatic N) is 2. The van der Waals surface area contributed by atoms with Gasteiger partial charge >= 0.3 is 0 Å². The van der Waals surface area contributed by atoms with Crippen LogP contribution in [0.15, 0.2) is 52.7 Å². The maximum atomic E-state index is 12.3. The molecule has 3 rings (SSSR count). The fraction of sp³-hybridized carbons (Fsp3) is 0.375. The van der Waals surface area contributed by atoms with Gasteiger partial charge in [0.25, 0.3) is 0 Å². The number of rotatable bonds is 11. The second-order valence-electron chi connectivity index (χ2n) is 7.14. The molecule has 1 saturated heterocycles. The molecule has 1 fully saturated rings. The van der Waals surface area contributed by atoms with Crippen molar-refractivity contribution in [1.82, 2.24) is 5.32 Å². The molecule has 2 aromatic carbocycles. The number of carbonyl (C=O) groups excluding carboxylic acids is 1. The van der Waals surface area contributed by atoms with Gasteiger partial charge in [-0.2, -0.15) is 5.10 Å². The second kappa shape index (κ2) is 12.1. The molecule has 1 heterocycles. The van der Waals surface area contributed by atoms with Gasteiger partial charge in [-0.15, -0.1) is 5.10 Å². The summed E-state index contributed by atoms with van der Waals surface area (Å²) < 4.78 is 16.6. The van der Waals surface area contributed by atoms with E-state index in [1.54, 1.807) is 13.3 Å². The monoisotopic (exact) mass is 455 g/mol. The van der Waals surface area contributed by atoms with Crippen molar-refractivity contribution in [1.29, 1.82) is 0 Å². The van der Waals surface area contributed by atoms with E-state index in [0.29, 0.717) is 36.3 Å². The molecule has 170 valence electrons. The number of carbonyl (C=O) groups is 1. The van der Waals surface area contributed by atoms with Crippen molar-refractivity contribution < 1.29 is 19.0 Å². The van der Waals surface area contributed by atoms with Crippen LogP contribution in [0, 0.1) is 0 Å². The third kappa shape index (κ3) is 6.75. The third-order valence-corrected chi connectivity index (χ3v) is 5.80. The molecule has 1 aliphatic heterocycles. The van der Waals surface area contributed by atoms with Gasteiger partial charge in [0.2, 0.25) is 5.91 Å². The lowest BCUT2D eigenvalue weighted by atomic mass is 10.1. The summed E-state index contributed by atoms with van der Waals surface area (Å²) in [5, 5.41) is 11.3. The van der Waals surface area contributed by atoms with E-state index >= 15 is 0 Å². The van der Waals surface area contributed by atoms with Crippen molar-refractivity contribution in [3.63, 3.8) is 0 Å². The van der Waals surface area contributed by atoms with E-state index in [1.165, 1.54) is 11.8 Å². The molecule has 1 amide bonds. The Balaban J connectivity index is 1.57. The number of amidine groups is 1. The molecule has 0 bridgehead atoms. The Kier molecular flexibility index (Phi) is 8.98. The predicted molar refractivity (Wildman–Crippen MR) is 129 cm³/mol. The first-order valence-electron chi connectivity index (χ1n) is 10.7. The van der Waals surface area contributed by atoms with Gasteiger partial charge in [0.1, 0.15) is 5.75 Å². The van der Waals surface area contributed by atoms with Gasteiger partial charge in [-0.25, -0.2) is 0 Å². The molecule has 1 unspecified atom stereocenters. The van der Waals surface area contributed by atoms with Gasteiger partial charge in [0.15, 0.2) is 16.7 Å². The molecule has 0 radical (unpaired) electrons. The Labute approximate surface area is 193 Å². The van der Waals surface area contributed by atoms with Crippen LogP contribution >= 0.6 is 11.8 Å². The van der Waals surface area contributed by atoms with Gasteiger partial charge in [0.05, 0.1) is 31.8 Å². The molecule has 0 spiro atoms. The highest BCUT2D eigenvalue weighted by Crippen LogP contribution is 2.28. The zero-order valence-corrected chi connectivity index (χ0v) is 19.5. The number of hydrogen-bond acceptors (Lipinski definition) is 7. The van der Waals surface area contributed by atoms with Gasteiger partial charge in [-0.05, 0) is 61.2 Å². The number of ether oxygens (including phenoxy) is 3. The van der Waals surface area contributed by atoms with Crippen molar-refractivity contribution >= 4 is 29.1 Å². The summed E-state index contributed by atoms with van der Waals surface area (Å²) in [5.74, 6) is 2.12. The molecule has 8 heteroatoms. The highest BCUT2D eigenvalue weighted by molar-refractivity contribution is 8.15. The number of nitrogens with one attached hydrogen (secondary N) is 1. The van der Waals surface area contributed by atoms with Crippen molar-refractivity contribution in [2.75, 3.05) is 20.3 Å². The standard InChI is InChI=1S/C24H29N3O4S/c1-4-6-13-31-20-12-9-18(14-21(20)29-3)16-25-27-24-26-23(28)22(32-24)15-17-7-10-19(11-8-17)30-5-2/h7-12,14,16,22H,4-6,13,15H2,1-3H3,(H,26,27,28)/b25-16+. The lowest BCUT2D eigenvalue weighted by Crippen LogP contribution is -2.25. The largest absolute Gasteiger partial charge is 0.494 e. The first-order valence-corrected chi connectivity index (χ1v) is 11.6. The first kappa shape index (κ1) is 23.7. The summed E-state index contributed by atoms with van der Waals surface area (Å²) in [5.41, 5.74) is 1.90. The van der Waals surface area contributed by atoms with Crippen LogP contribution in [-0.4, -0.2) is 42.9 Å². The number of hydrogen-bond donors (Lipinski definition) is 1. The zero-order valence-electron chi connectivity index (χ0n) is 18.7. The molecule has 0 aromatic heterocycles. The Bertz CT molecular complexity index is 960. The molecule has 1 aliphatic rings. The van der Waals surface area contributed by atoms with E-state index in [0.717, 1.165) is 29.7 Å². The van der Waals surface area contributed by atoms with Gasteiger partial charge < -0.3 is 19.5 Å². The van der Waals surface area contributed by atoms with Gasteiger partial charge in [-0.1, -0.05) is 37.2 Å². The van der Waals surface area contributed by atoms with Crippen LogP contribution in [0.25, 0.3) is 0 Å². The molecule has 32 heavy (non-hydrogen) atoms. The topological polar surface area (TPSA) is 81.5 Å². The lowest BCUT2D eigenvalue weighted by molar-refractivity contribution is -0.118. The second-order valence-corrected chi connectivity index (χ2v) is 8.33. The van der Waals surface area contributed by atoms with Crippen LogP contribution in [-0.2, 0) is 11.2 Å². The van der Waals surface area contributed by atoms with E-state index in [9.17, 15) is 4.79 Å². The predicted octanol–water partition coefficient (Wildman–Crippen LogP) is 4.44. The summed E-state index contributed by atoms with van der Waals surface area (Å²) in [6, 6.07) is 13.4. The molecule has 2 aromatic rings. The maximum Gasteiger partial charge on any atom is 0.239 e. The lowest BCUT2D eigenvalue weighted by Gasteiger charge is -2.10. The van der Waals surface area contributed by atoms with Crippen molar-refractivity contribution in [2.24, 2.45) is 10.2 Å². The Morgan fingerprint density at radius 2 is 1.91 bits per heavy atom. The smallest absolute Gasteiger partial charge is 0.239 e. The zero-order chi connectivity index (χ0) is 22.8. The quantitative estimate of drug-likeness (QED) is 0.308. The van der Waals surface area contributed by atoms with E-state index < -0.39 is 0 Å². The van der Waals surface area contributed by atoms with Gasteiger partial charge in [0, 0.05) is 0 Å². The minimum atomic E-state index is -0.235. The molecule has 0 saturated carbocycles. The molecule has 1 N–H and O–H groups in total. The average Bonchev–Trinajstić information content (AvgIpc) is 3.15. The number of unbranched alkanes of at least 4 members (excludes halogenated alkanes) is 1. The fourth-order valence-corrected chi connectivity index (χ4v) is 4.01. The number of methoxy groups -OCH3 is 1. The van der Waals surface area contributed by atoms with Crippen LogP contribution in [0.2, 0.25) is 0 Å². The van der Waals surface area contributed by atoms with Crippen molar-refractivity contribution in [2.45, 2.75) is 38.4 Å². The summed E-state index contributed by atoms with van der Waals surface area (Å²) in [6.07, 6.45) is 4.30. The summed E-state index contributed by atoms with van der Waals surface area (Å²) >= 11 is 1.38. The number of benzene rings is 2. The van der Waals surface area contributed by atoms with Crippen LogP contribution < -0.4 is 19.5 Å². The maximum absolute atomic E-state index is 12.3. The SMILES string of the molecule is CCCCOc1ccc(/C=N/N=C2\NC(=O)C(Cc3ccc(OCC)cc3)S2)cc1OC. The number of amides is 1.